The van der Waals surface area contributed by atoms with Crippen LogP contribution in [0, 0.1) is 0 Å². The Labute approximate surface area is 92.6 Å². The molecule has 0 unspecified atom stereocenters. The minimum atomic E-state index is 0.859. The number of unbranched alkanes of at least 4 members (excludes halogenated alkanes) is 2. The maximum Gasteiger partial charge on any atom is 0.0499 e. The molecule has 0 heterocycles. The lowest BCUT2D eigenvalue weighted by Gasteiger charge is -2.13. The number of rotatable bonds is 9. The van der Waals surface area contributed by atoms with Crippen LogP contribution in [0.25, 0.3) is 0 Å². The van der Waals surface area contributed by atoms with Gasteiger partial charge in [-0.15, -0.1) is 23.5 Å². The van der Waals surface area contributed by atoms with Gasteiger partial charge >= 0.3 is 0 Å². The monoisotopic (exact) mass is 220 g/mol. The quantitative estimate of drug-likeness (QED) is 0.405. The lowest BCUT2D eigenvalue weighted by Crippen LogP contribution is -1.97. The zero-order chi connectivity index (χ0) is 9.94. The molecule has 0 N–H and O–H groups in total. The van der Waals surface area contributed by atoms with Gasteiger partial charge in [-0.3, -0.25) is 0 Å². The summed E-state index contributed by atoms with van der Waals surface area (Å²) in [5, 5.41) is 0. The van der Waals surface area contributed by atoms with Crippen molar-refractivity contribution in [3.8, 4) is 0 Å². The molecular formula is C11H24S2. The lowest BCUT2D eigenvalue weighted by atomic mass is 10.4. The molecule has 0 nitrogen and oxygen atoms in total. The fourth-order valence-corrected chi connectivity index (χ4v) is 3.87. The predicted molar refractivity (Wildman–Crippen MR) is 68.8 cm³/mol. The summed E-state index contributed by atoms with van der Waals surface area (Å²) < 4.78 is 0.859. The summed E-state index contributed by atoms with van der Waals surface area (Å²) in [6, 6.07) is 0. The van der Waals surface area contributed by atoms with Gasteiger partial charge in [-0.05, 0) is 30.8 Å². The molecule has 0 saturated carbocycles. The van der Waals surface area contributed by atoms with Crippen molar-refractivity contribution in [3.63, 3.8) is 0 Å². The molecule has 0 atom stereocenters. The van der Waals surface area contributed by atoms with Gasteiger partial charge in [-0.2, -0.15) is 0 Å². The summed E-state index contributed by atoms with van der Waals surface area (Å²) in [6.07, 6.45) is 6.76. The molecule has 0 bridgehead atoms. The smallest absolute Gasteiger partial charge is 0.0499 e. The van der Waals surface area contributed by atoms with Gasteiger partial charge in [0.2, 0.25) is 0 Å². The largest absolute Gasteiger partial charge is 0.148 e. The van der Waals surface area contributed by atoms with Crippen LogP contribution >= 0.6 is 23.5 Å². The van der Waals surface area contributed by atoms with Gasteiger partial charge in [0.25, 0.3) is 0 Å². The molecule has 0 aliphatic carbocycles. The van der Waals surface area contributed by atoms with Gasteiger partial charge in [0, 0.05) is 4.58 Å². The minimum Gasteiger partial charge on any atom is -0.148 e. The molecule has 2 heteroatoms. The van der Waals surface area contributed by atoms with Gasteiger partial charge in [0.05, 0.1) is 0 Å². The van der Waals surface area contributed by atoms with Crippen LogP contribution in [-0.4, -0.2) is 16.1 Å². The highest BCUT2D eigenvalue weighted by molar-refractivity contribution is 8.17. The Morgan fingerprint density at radius 1 is 0.846 bits per heavy atom. The molecule has 0 aliphatic heterocycles. The average Bonchev–Trinajstić information content (AvgIpc) is 2.16. The van der Waals surface area contributed by atoms with Crippen LogP contribution < -0.4 is 0 Å². The molecule has 0 saturated heterocycles. The zero-order valence-electron chi connectivity index (χ0n) is 9.34. The van der Waals surface area contributed by atoms with E-state index in [1.54, 1.807) is 0 Å². The second-order valence-corrected chi connectivity index (χ2v) is 6.21. The maximum absolute atomic E-state index is 2.31. The van der Waals surface area contributed by atoms with Gasteiger partial charge in [0.1, 0.15) is 0 Å². The highest BCUT2D eigenvalue weighted by atomic mass is 32.2. The normalized spacial score (nSPS) is 11.1. The van der Waals surface area contributed by atoms with Crippen molar-refractivity contribution in [2.45, 2.75) is 57.5 Å². The molecule has 80 valence electrons. The van der Waals surface area contributed by atoms with E-state index in [-0.39, 0.29) is 0 Å². The summed E-state index contributed by atoms with van der Waals surface area (Å²) in [6.45, 7) is 6.85. The number of hydrogen-bond acceptors (Lipinski definition) is 2. The topological polar surface area (TPSA) is 0 Å². The van der Waals surface area contributed by atoms with Gasteiger partial charge in [-0.25, -0.2) is 0 Å². The Morgan fingerprint density at radius 3 is 1.62 bits per heavy atom. The van der Waals surface area contributed by atoms with E-state index in [0.29, 0.717) is 0 Å². The highest BCUT2D eigenvalue weighted by Crippen LogP contribution is 2.28. The number of thioether (sulfide) groups is 2. The molecule has 13 heavy (non-hydrogen) atoms. The fourth-order valence-electron chi connectivity index (χ4n) is 1.00. The van der Waals surface area contributed by atoms with E-state index in [9.17, 15) is 0 Å². The zero-order valence-corrected chi connectivity index (χ0v) is 11.0. The first-order valence-corrected chi connectivity index (χ1v) is 7.68. The van der Waals surface area contributed by atoms with Crippen molar-refractivity contribution in [2.24, 2.45) is 0 Å². The van der Waals surface area contributed by atoms with Gasteiger partial charge in [0.15, 0.2) is 0 Å². The molecule has 0 amide bonds. The van der Waals surface area contributed by atoms with Crippen molar-refractivity contribution >= 4 is 23.5 Å². The van der Waals surface area contributed by atoms with E-state index in [2.05, 4.69) is 44.3 Å². The van der Waals surface area contributed by atoms with E-state index in [4.69, 9.17) is 0 Å². The van der Waals surface area contributed by atoms with Crippen molar-refractivity contribution in [1.29, 1.82) is 0 Å². The third-order valence-electron chi connectivity index (χ3n) is 1.94. The van der Waals surface area contributed by atoms with Crippen LogP contribution in [0.15, 0.2) is 0 Å². The molecule has 0 spiro atoms. The van der Waals surface area contributed by atoms with Gasteiger partial charge in [-0.1, -0.05) is 33.6 Å². The summed E-state index contributed by atoms with van der Waals surface area (Å²) in [7, 11) is 0. The van der Waals surface area contributed by atoms with Crippen LogP contribution in [0.4, 0.5) is 0 Å². The van der Waals surface area contributed by atoms with Crippen LogP contribution in [-0.2, 0) is 0 Å². The Kier molecular flexibility index (Phi) is 11.4. The molecule has 0 rings (SSSR count). The first-order valence-electron chi connectivity index (χ1n) is 5.58. The Morgan fingerprint density at radius 2 is 1.31 bits per heavy atom. The SMILES string of the molecule is CCCCSC(CC)SCCCC. The van der Waals surface area contributed by atoms with Crippen molar-refractivity contribution in [2.75, 3.05) is 11.5 Å². The summed E-state index contributed by atoms with van der Waals surface area (Å²) in [5.41, 5.74) is 0. The molecule has 0 radical (unpaired) electrons. The summed E-state index contributed by atoms with van der Waals surface area (Å²) in [4.78, 5) is 0. The lowest BCUT2D eigenvalue weighted by molar-refractivity contribution is 0.888. The third-order valence-corrected chi connectivity index (χ3v) is 5.21. The van der Waals surface area contributed by atoms with Crippen LogP contribution in [0.1, 0.15) is 52.9 Å². The Bertz CT molecular complexity index is 84.1. The summed E-state index contributed by atoms with van der Waals surface area (Å²) in [5.74, 6) is 2.71. The van der Waals surface area contributed by atoms with E-state index < -0.39 is 0 Å². The highest BCUT2D eigenvalue weighted by Gasteiger charge is 2.05. The van der Waals surface area contributed by atoms with Crippen molar-refractivity contribution in [3.05, 3.63) is 0 Å². The van der Waals surface area contributed by atoms with Crippen molar-refractivity contribution < 1.29 is 0 Å². The minimum absolute atomic E-state index is 0.859. The van der Waals surface area contributed by atoms with E-state index >= 15 is 0 Å². The maximum atomic E-state index is 2.31. The van der Waals surface area contributed by atoms with Crippen LogP contribution in [0.2, 0.25) is 0 Å². The molecule has 0 aromatic heterocycles. The van der Waals surface area contributed by atoms with E-state index in [1.807, 2.05) is 0 Å². The standard InChI is InChI=1S/C11H24S2/c1-4-7-9-12-11(6-3)13-10-8-5-2/h11H,4-10H2,1-3H3. The van der Waals surface area contributed by atoms with Crippen LogP contribution in [0.3, 0.4) is 0 Å². The molecule has 0 fully saturated rings. The average molecular weight is 220 g/mol. The van der Waals surface area contributed by atoms with E-state index in [0.717, 1.165) is 4.58 Å². The number of hydrogen-bond donors (Lipinski definition) is 0. The molecule has 0 aliphatic rings. The Hall–Kier alpha value is 0.700. The second-order valence-electron chi connectivity index (χ2n) is 3.29. The summed E-state index contributed by atoms with van der Waals surface area (Å²) >= 11 is 4.32. The first-order chi connectivity index (χ1) is 6.35. The van der Waals surface area contributed by atoms with Crippen molar-refractivity contribution in [1.82, 2.24) is 0 Å². The predicted octanol–water partition coefficient (Wildman–Crippen LogP) is 4.79. The Balaban J connectivity index is 3.28. The molecular weight excluding hydrogens is 196 g/mol. The third kappa shape index (κ3) is 9.01. The first kappa shape index (κ1) is 13.7. The second kappa shape index (κ2) is 10.8. The van der Waals surface area contributed by atoms with E-state index in [1.165, 1.54) is 43.6 Å². The molecule has 0 aromatic carbocycles. The van der Waals surface area contributed by atoms with Crippen LogP contribution in [0.5, 0.6) is 0 Å². The molecule has 0 aromatic rings. The fraction of sp³-hybridized carbons (Fsp3) is 1.00. The van der Waals surface area contributed by atoms with Gasteiger partial charge < -0.3 is 0 Å².